The van der Waals surface area contributed by atoms with Gasteiger partial charge in [-0.3, -0.25) is 9.79 Å². The Kier molecular flexibility index (Phi) is 7.18. The highest BCUT2D eigenvalue weighted by Crippen LogP contribution is 2.11. The number of aryl methyl sites for hydroxylation is 1. The zero-order chi connectivity index (χ0) is 19.8. The molecule has 0 aromatic heterocycles. The lowest BCUT2D eigenvalue weighted by atomic mass is 9.65. The summed E-state index contributed by atoms with van der Waals surface area (Å²) in [7, 11) is 5.30. The molecule has 0 saturated carbocycles. The molecule has 0 bridgehead atoms. The zero-order valence-electron chi connectivity index (χ0n) is 16.3. The predicted octanol–water partition coefficient (Wildman–Crippen LogP) is 3.55. The summed E-state index contributed by atoms with van der Waals surface area (Å²) in [5, 5.41) is 0. The van der Waals surface area contributed by atoms with Crippen LogP contribution in [0.5, 0.6) is 5.75 Å². The molecule has 2 rings (SSSR count). The highest BCUT2D eigenvalue weighted by atomic mass is 16.5. The van der Waals surface area contributed by atoms with E-state index in [0.29, 0.717) is 11.3 Å². The Balaban J connectivity index is 2.17. The van der Waals surface area contributed by atoms with Crippen LogP contribution in [0.1, 0.15) is 22.8 Å². The van der Waals surface area contributed by atoms with E-state index in [4.69, 9.17) is 4.74 Å². The molecule has 5 heteroatoms. The van der Waals surface area contributed by atoms with Crippen LogP contribution in [0.15, 0.2) is 78.1 Å². The van der Waals surface area contributed by atoms with Crippen LogP contribution in [0.25, 0.3) is 0 Å². The molecule has 4 nitrogen and oxygen atoms in total. The molecule has 0 aliphatic carbocycles. The lowest BCUT2D eigenvalue weighted by molar-refractivity contribution is 0.0840. The van der Waals surface area contributed by atoms with E-state index in [9.17, 15) is 4.79 Å². The molecule has 0 spiro atoms. The SMILES string of the molecule is C=C/C(=C\N=C(C)[B]c1ccc(C)cc1OC)N(C)C(=O)c1ccccc1. The first-order valence-corrected chi connectivity index (χ1v) is 8.65. The minimum atomic E-state index is -0.112. The van der Waals surface area contributed by atoms with E-state index < -0.39 is 0 Å². The Labute approximate surface area is 162 Å². The van der Waals surface area contributed by atoms with E-state index in [2.05, 4.69) is 11.6 Å². The van der Waals surface area contributed by atoms with Gasteiger partial charge in [-0.1, -0.05) is 36.9 Å². The average molecular weight is 359 g/mol. The van der Waals surface area contributed by atoms with Crippen LogP contribution in [-0.4, -0.2) is 37.9 Å². The Hall–Kier alpha value is -3.08. The van der Waals surface area contributed by atoms with Crippen molar-refractivity contribution in [2.45, 2.75) is 13.8 Å². The van der Waals surface area contributed by atoms with Crippen LogP contribution in [0.3, 0.4) is 0 Å². The van der Waals surface area contributed by atoms with Gasteiger partial charge in [0.05, 0.1) is 12.8 Å². The topological polar surface area (TPSA) is 41.9 Å². The molecule has 2 aromatic carbocycles. The van der Waals surface area contributed by atoms with Crippen LogP contribution < -0.4 is 10.2 Å². The van der Waals surface area contributed by atoms with Crippen molar-refractivity contribution in [3.05, 3.63) is 84.2 Å². The second-order valence-corrected chi connectivity index (χ2v) is 6.15. The first-order valence-electron chi connectivity index (χ1n) is 8.65. The van der Waals surface area contributed by atoms with E-state index in [-0.39, 0.29) is 5.91 Å². The maximum absolute atomic E-state index is 12.6. The minimum absolute atomic E-state index is 0.112. The van der Waals surface area contributed by atoms with Gasteiger partial charge in [0.2, 0.25) is 7.28 Å². The van der Waals surface area contributed by atoms with Crippen LogP contribution in [-0.2, 0) is 0 Å². The van der Waals surface area contributed by atoms with Crippen molar-refractivity contribution in [2.75, 3.05) is 14.2 Å². The third-order valence-electron chi connectivity index (χ3n) is 4.08. The molecule has 137 valence electrons. The number of carbonyl (C=O) groups is 1. The van der Waals surface area contributed by atoms with Crippen molar-refractivity contribution in [1.29, 1.82) is 0 Å². The van der Waals surface area contributed by atoms with Crippen LogP contribution >= 0.6 is 0 Å². The van der Waals surface area contributed by atoms with Gasteiger partial charge in [-0.25, -0.2) is 0 Å². The van der Waals surface area contributed by atoms with Crippen molar-refractivity contribution in [2.24, 2.45) is 4.99 Å². The van der Waals surface area contributed by atoms with Gasteiger partial charge in [0.25, 0.3) is 5.91 Å². The van der Waals surface area contributed by atoms with Crippen molar-refractivity contribution < 1.29 is 9.53 Å². The first-order chi connectivity index (χ1) is 13.0. The molecule has 0 N–H and O–H groups in total. The molecule has 0 atom stereocenters. The molecule has 2 aromatic rings. The minimum Gasteiger partial charge on any atom is -0.497 e. The largest absolute Gasteiger partial charge is 0.497 e. The van der Waals surface area contributed by atoms with Crippen molar-refractivity contribution in [1.82, 2.24) is 4.90 Å². The van der Waals surface area contributed by atoms with E-state index in [0.717, 1.165) is 22.4 Å². The summed E-state index contributed by atoms with van der Waals surface area (Å²) in [6.45, 7) is 7.71. The van der Waals surface area contributed by atoms with Crippen molar-refractivity contribution in [3.63, 3.8) is 0 Å². The van der Waals surface area contributed by atoms with Gasteiger partial charge in [0.15, 0.2) is 0 Å². The average Bonchev–Trinajstić information content (AvgIpc) is 2.69. The molecule has 0 fully saturated rings. The number of nitrogens with zero attached hydrogens (tertiary/aromatic N) is 2. The van der Waals surface area contributed by atoms with Gasteiger partial charge in [0, 0.05) is 18.8 Å². The Morgan fingerprint density at radius 3 is 2.56 bits per heavy atom. The number of ether oxygens (including phenoxy) is 1. The number of amides is 1. The predicted molar refractivity (Wildman–Crippen MR) is 113 cm³/mol. The molecule has 1 radical (unpaired) electrons. The highest BCUT2D eigenvalue weighted by molar-refractivity contribution is 6.85. The quantitative estimate of drug-likeness (QED) is 0.431. The molecule has 0 heterocycles. The standard InChI is InChI=1S/C22H24BN2O2/c1-6-19(25(4)22(26)18-10-8-7-9-11-18)15-24-17(3)23-20-13-12-16(2)14-21(20)27-5/h6-15H,1H2,2-5H3/b19-15+,24-17?. The molecule has 0 aliphatic rings. The molecule has 0 saturated heterocycles. The highest BCUT2D eigenvalue weighted by Gasteiger charge is 2.13. The lowest BCUT2D eigenvalue weighted by Gasteiger charge is -2.17. The Morgan fingerprint density at radius 2 is 1.93 bits per heavy atom. The van der Waals surface area contributed by atoms with Crippen molar-refractivity contribution >= 4 is 24.3 Å². The number of allylic oxidation sites excluding steroid dienone is 1. The van der Waals surface area contributed by atoms with E-state index in [1.54, 1.807) is 38.6 Å². The zero-order valence-corrected chi connectivity index (χ0v) is 16.3. The maximum Gasteiger partial charge on any atom is 0.258 e. The molecular formula is C22H24BN2O2. The smallest absolute Gasteiger partial charge is 0.258 e. The number of hydrogen-bond acceptors (Lipinski definition) is 3. The van der Waals surface area contributed by atoms with Crippen molar-refractivity contribution in [3.8, 4) is 5.75 Å². The number of benzene rings is 2. The molecule has 0 unspecified atom stereocenters. The number of methoxy groups -OCH3 is 1. The first kappa shape index (κ1) is 20.2. The number of carbonyl (C=O) groups excluding carboxylic acids is 1. The summed E-state index contributed by atoms with van der Waals surface area (Å²) in [5.41, 5.74) is 4.11. The molecule has 0 aliphatic heterocycles. The maximum atomic E-state index is 12.6. The van der Waals surface area contributed by atoms with Gasteiger partial charge in [-0.2, -0.15) is 0 Å². The lowest BCUT2D eigenvalue weighted by Crippen LogP contribution is -2.25. The second kappa shape index (κ2) is 9.58. The summed E-state index contributed by atoms with van der Waals surface area (Å²) in [4.78, 5) is 18.6. The fraction of sp³-hybridized carbons (Fsp3) is 0.182. The van der Waals surface area contributed by atoms with E-state index >= 15 is 0 Å². The Morgan fingerprint density at radius 1 is 1.22 bits per heavy atom. The fourth-order valence-corrected chi connectivity index (χ4v) is 2.54. The molecule has 27 heavy (non-hydrogen) atoms. The van der Waals surface area contributed by atoms with Gasteiger partial charge >= 0.3 is 0 Å². The fourth-order valence-electron chi connectivity index (χ4n) is 2.54. The second-order valence-electron chi connectivity index (χ2n) is 6.15. The molecular weight excluding hydrogens is 335 g/mol. The number of hydrogen-bond donors (Lipinski definition) is 0. The number of likely N-dealkylation sites (N-methyl/N-ethyl adjacent to an activating group) is 1. The normalized spacial score (nSPS) is 11.7. The summed E-state index contributed by atoms with van der Waals surface area (Å²) in [6.07, 6.45) is 3.25. The van der Waals surface area contributed by atoms with Gasteiger partial charge in [-0.05, 0) is 54.8 Å². The van der Waals surface area contributed by atoms with Gasteiger partial charge in [0.1, 0.15) is 5.75 Å². The summed E-state index contributed by atoms with van der Waals surface area (Å²) < 4.78 is 5.42. The van der Waals surface area contributed by atoms with Crippen LogP contribution in [0.2, 0.25) is 0 Å². The van der Waals surface area contributed by atoms with E-state index in [1.807, 2.05) is 57.5 Å². The Bertz CT molecular complexity index is 873. The number of rotatable bonds is 7. The number of aliphatic imine (C=N–C) groups is 1. The summed E-state index contributed by atoms with van der Waals surface area (Å²) in [6, 6.07) is 15.1. The molecule has 1 amide bonds. The third-order valence-corrected chi connectivity index (χ3v) is 4.08. The summed E-state index contributed by atoms with van der Waals surface area (Å²) in [5.74, 6) is 0.688. The van der Waals surface area contributed by atoms with Crippen LogP contribution in [0.4, 0.5) is 0 Å². The van der Waals surface area contributed by atoms with Gasteiger partial charge < -0.3 is 9.64 Å². The van der Waals surface area contributed by atoms with Gasteiger partial charge in [-0.15, -0.1) is 0 Å². The van der Waals surface area contributed by atoms with Crippen LogP contribution in [0, 0.1) is 6.92 Å². The van der Waals surface area contributed by atoms with E-state index in [1.165, 1.54) is 4.90 Å². The monoisotopic (exact) mass is 359 g/mol. The summed E-state index contributed by atoms with van der Waals surface area (Å²) >= 11 is 0. The third kappa shape index (κ3) is 5.45.